The number of rotatable bonds is 3. The Kier molecular flexibility index (Phi) is 3.40. The summed E-state index contributed by atoms with van der Waals surface area (Å²) >= 11 is 0. The van der Waals surface area contributed by atoms with Crippen molar-refractivity contribution in [2.24, 2.45) is 0 Å². The highest BCUT2D eigenvalue weighted by Crippen LogP contribution is 2.37. The minimum Gasteiger partial charge on any atom is -0.353 e. The minimum atomic E-state index is -0.546. The molecule has 1 aliphatic heterocycles. The van der Waals surface area contributed by atoms with Crippen molar-refractivity contribution in [2.45, 2.75) is 13.8 Å². The summed E-state index contributed by atoms with van der Waals surface area (Å²) in [7, 11) is 0. The van der Waals surface area contributed by atoms with Crippen LogP contribution in [-0.2, 0) is 4.79 Å². The first-order valence-electron chi connectivity index (χ1n) is 6.95. The number of amides is 1. The number of nitro benzene ring substituents is 1. The molecule has 1 aliphatic rings. The molecule has 0 unspecified atom stereocenters. The first-order chi connectivity index (χ1) is 11.3. The van der Waals surface area contributed by atoms with Gasteiger partial charge in [0.1, 0.15) is 0 Å². The number of hydrogen-bond donors (Lipinski definition) is 2. The summed E-state index contributed by atoms with van der Waals surface area (Å²) in [5.74, 6) is -0.417. The highest BCUT2D eigenvalue weighted by atomic mass is 16.6. The van der Waals surface area contributed by atoms with Gasteiger partial charge in [0.05, 0.1) is 26.7 Å². The molecule has 0 atom stereocenters. The van der Waals surface area contributed by atoms with E-state index in [1.807, 2.05) is 0 Å². The number of anilines is 1. The number of aryl methyl sites for hydroxylation is 1. The summed E-state index contributed by atoms with van der Waals surface area (Å²) < 4.78 is 0. The summed E-state index contributed by atoms with van der Waals surface area (Å²) in [4.78, 5) is 36.0. The van der Waals surface area contributed by atoms with E-state index in [9.17, 15) is 25.0 Å². The van der Waals surface area contributed by atoms with Crippen molar-refractivity contribution >= 4 is 34.6 Å². The van der Waals surface area contributed by atoms with Gasteiger partial charge in [-0.25, -0.2) is 0 Å². The predicted molar refractivity (Wildman–Crippen MR) is 86.5 cm³/mol. The zero-order chi connectivity index (χ0) is 17.6. The van der Waals surface area contributed by atoms with Crippen LogP contribution in [0.5, 0.6) is 0 Å². The Bertz CT molecular complexity index is 942. The van der Waals surface area contributed by atoms with Crippen LogP contribution in [0, 0.1) is 34.1 Å². The third kappa shape index (κ3) is 2.32. The predicted octanol–water partition coefficient (Wildman–Crippen LogP) is 2.94. The van der Waals surface area contributed by atoms with Crippen molar-refractivity contribution in [3.63, 3.8) is 0 Å². The zero-order valence-corrected chi connectivity index (χ0v) is 12.7. The monoisotopic (exact) mass is 328 g/mol. The van der Waals surface area contributed by atoms with E-state index in [2.05, 4.69) is 10.3 Å². The number of H-pyrrole nitrogens is 1. The van der Waals surface area contributed by atoms with Gasteiger partial charge in [0.2, 0.25) is 0 Å². The molecule has 1 aromatic heterocycles. The molecule has 3 rings (SSSR count). The number of aromatic nitrogens is 1. The number of aromatic amines is 1. The third-order valence-corrected chi connectivity index (χ3v) is 3.90. The highest BCUT2D eigenvalue weighted by Gasteiger charge is 2.28. The number of hydrogen-bond acceptors (Lipinski definition) is 5. The second-order valence-electron chi connectivity index (χ2n) is 5.39. The van der Waals surface area contributed by atoms with Crippen LogP contribution in [0.15, 0.2) is 18.2 Å². The average Bonchev–Trinajstić information content (AvgIpc) is 2.96. The fourth-order valence-electron chi connectivity index (χ4n) is 2.76. The Morgan fingerprint density at radius 2 is 1.83 bits per heavy atom. The maximum atomic E-state index is 12.2. The van der Waals surface area contributed by atoms with Gasteiger partial charge in [-0.2, -0.15) is 0 Å². The van der Waals surface area contributed by atoms with E-state index >= 15 is 0 Å². The summed E-state index contributed by atoms with van der Waals surface area (Å²) in [6, 6.07) is 4.07. The minimum absolute atomic E-state index is 0.0421. The van der Waals surface area contributed by atoms with Gasteiger partial charge in [-0.3, -0.25) is 25.0 Å². The van der Waals surface area contributed by atoms with Crippen LogP contribution < -0.4 is 5.32 Å². The molecule has 24 heavy (non-hydrogen) atoms. The smallest absolute Gasteiger partial charge is 0.293 e. The molecule has 0 aliphatic carbocycles. The normalized spacial score (nSPS) is 14.6. The SMILES string of the molecule is Cc1[nH]c(/C=C2\C(=O)Nc3ccc([N+](=O)[O-])cc32)c(C)c1[N+](=O)[O-]. The molecule has 9 nitrogen and oxygen atoms in total. The van der Waals surface area contributed by atoms with Gasteiger partial charge < -0.3 is 10.3 Å². The number of benzene rings is 1. The second kappa shape index (κ2) is 5.30. The molecule has 1 aromatic carbocycles. The van der Waals surface area contributed by atoms with Crippen molar-refractivity contribution in [1.29, 1.82) is 0 Å². The lowest BCUT2D eigenvalue weighted by molar-refractivity contribution is -0.385. The third-order valence-electron chi connectivity index (χ3n) is 3.90. The molecule has 0 bridgehead atoms. The lowest BCUT2D eigenvalue weighted by Crippen LogP contribution is -2.03. The molecule has 0 spiro atoms. The van der Waals surface area contributed by atoms with Gasteiger partial charge >= 0.3 is 0 Å². The molecule has 2 aromatic rings. The van der Waals surface area contributed by atoms with Crippen molar-refractivity contribution < 1.29 is 14.6 Å². The van der Waals surface area contributed by atoms with E-state index in [1.165, 1.54) is 24.3 Å². The summed E-state index contributed by atoms with van der Waals surface area (Å²) in [6.07, 6.45) is 1.47. The quantitative estimate of drug-likeness (QED) is 0.508. The van der Waals surface area contributed by atoms with Crippen LogP contribution in [-0.4, -0.2) is 20.7 Å². The molecular formula is C15H12N4O5. The number of fused-ring (bicyclic) bond motifs is 1. The van der Waals surface area contributed by atoms with Gasteiger partial charge in [0.15, 0.2) is 0 Å². The van der Waals surface area contributed by atoms with Crippen LogP contribution >= 0.6 is 0 Å². The number of carbonyl (C=O) groups is 1. The molecule has 1 amide bonds. The lowest BCUT2D eigenvalue weighted by atomic mass is 10.0. The van der Waals surface area contributed by atoms with Crippen LogP contribution in [0.1, 0.15) is 22.5 Å². The largest absolute Gasteiger partial charge is 0.353 e. The average molecular weight is 328 g/mol. The van der Waals surface area contributed by atoms with Crippen molar-refractivity contribution in [1.82, 2.24) is 4.98 Å². The number of nitrogens with one attached hydrogen (secondary N) is 2. The van der Waals surface area contributed by atoms with Crippen molar-refractivity contribution in [3.8, 4) is 0 Å². The molecule has 9 heteroatoms. The first kappa shape index (κ1) is 15.4. The maximum absolute atomic E-state index is 12.2. The maximum Gasteiger partial charge on any atom is 0.293 e. The molecule has 122 valence electrons. The molecular weight excluding hydrogens is 316 g/mol. The van der Waals surface area contributed by atoms with E-state index < -0.39 is 15.8 Å². The Balaban J connectivity index is 2.15. The van der Waals surface area contributed by atoms with Gasteiger partial charge in [0, 0.05) is 29.1 Å². The van der Waals surface area contributed by atoms with Crippen LogP contribution in [0.2, 0.25) is 0 Å². The molecule has 2 heterocycles. The van der Waals surface area contributed by atoms with Crippen LogP contribution in [0.25, 0.3) is 11.6 Å². The molecule has 2 N–H and O–H groups in total. The standard InChI is InChI=1S/C15H12N4O5/c1-7-13(16-8(2)14(7)19(23)24)6-11-10-5-9(18(21)22)3-4-12(10)17-15(11)20/h3-6,16H,1-2H3,(H,17,20)/b11-6-. The first-order valence-corrected chi connectivity index (χ1v) is 6.95. The number of carbonyl (C=O) groups excluding carboxylic acids is 1. The van der Waals surface area contributed by atoms with E-state index in [0.717, 1.165) is 0 Å². The van der Waals surface area contributed by atoms with Crippen molar-refractivity contribution in [2.75, 3.05) is 5.32 Å². The number of nitro groups is 2. The molecule has 0 fully saturated rings. The number of nitrogens with zero attached hydrogens (tertiary/aromatic N) is 2. The Hall–Kier alpha value is -3.49. The van der Waals surface area contributed by atoms with E-state index in [4.69, 9.17) is 0 Å². The zero-order valence-electron chi connectivity index (χ0n) is 12.7. The van der Waals surface area contributed by atoms with Gasteiger partial charge in [0.25, 0.3) is 17.3 Å². The van der Waals surface area contributed by atoms with E-state index in [-0.39, 0.29) is 16.9 Å². The second-order valence-corrected chi connectivity index (χ2v) is 5.39. The summed E-state index contributed by atoms with van der Waals surface area (Å²) in [5.41, 5.74) is 2.09. The Labute approximate surface area is 135 Å². The summed E-state index contributed by atoms with van der Waals surface area (Å²) in [5, 5.41) is 24.6. The molecule has 0 radical (unpaired) electrons. The molecule has 0 saturated carbocycles. The Morgan fingerprint density at radius 1 is 1.12 bits per heavy atom. The van der Waals surface area contributed by atoms with Crippen molar-refractivity contribution in [3.05, 3.63) is 60.9 Å². The topological polar surface area (TPSA) is 131 Å². The highest BCUT2D eigenvalue weighted by molar-refractivity contribution is 6.35. The van der Waals surface area contributed by atoms with Gasteiger partial charge in [-0.05, 0) is 26.0 Å². The molecule has 0 saturated heterocycles. The summed E-state index contributed by atoms with van der Waals surface area (Å²) in [6.45, 7) is 3.15. The van der Waals surface area contributed by atoms with Gasteiger partial charge in [-0.1, -0.05) is 0 Å². The lowest BCUT2D eigenvalue weighted by Gasteiger charge is -1.99. The van der Waals surface area contributed by atoms with Crippen LogP contribution in [0.3, 0.4) is 0 Å². The van der Waals surface area contributed by atoms with Crippen LogP contribution in [0.4, 0.5) is 17.1 Å². The van der Waals surface area contributed by atoms with E-state index in [0.29, 0.717) is 28.2 Å². The number of non-ortho nitro benzene ring substituents is 1. The van der Waals surface area contributed by atoms with Gasteiger partial charge in [-0.15, -0.1) is 0 Å². The van der Waals surface area contributed by atoms with E-state index in [1.54, 1.807) is 13.8 Å². The Morgan fingerprint density at radius 3 is 2.42 bits per heavy atom. The fourth-order valence-corrected chi connectivity index (χ4v) is 2.76. The fraction of sp³-hybridized carbons (Fsp3) is 0.133.